The van der Waals surface area contributed by atoms with Gasteiger partial charge in [0.2, 0.25) is 0 Å². The van der Waals surface area contributed by atoms with Crippen LogP contribution >= 0.6 is 15.9 Å². The Morgan fingerprint density at radius 3 is 2.65 bits per heavy atom. The molecular weight excluding hydrogens is 316 g/mol. The highest BCUT2D eigenvalue weighted by Crippen LogP contribution is 2.22. The number of benzene rings is 2. The van der Waals surface area contributed by atoms with E-state index in [0.717, 1.165) is 28.0 Å². The van der Waals surface area contributed by atoms with E-state index in [1.807, 2.05) is 56.3 Å². The number of carbonyl (C=O) groups excluding carboxylic acids is 1. The van der Waals surface area contributed by atoms with Crippen LogP contribution in [0.1, 0.15) is 22.8 Å². The van der Waals surface area contributed by atoms with Gasteiger partial charge in [-0.25, -0.2) is 0 Å². The van der Waals surface area contributed by atoms with Gasteiger partial charge < -0.3 is 10.6 Å². The number of hydrogen-bond donors (Lipinski definition) is 2. The summed E-state index contributed by atoms with van der Waals surface area (Å²) in [6.07, 6.45) is 0. The molecule has 0 spiro atoms. The maximum Gasteiger partial charge on any atom is 0.257 e. The van der Waals surface area contributed by atoms with Crippen molar-refractivity contribution in [1.29, 1.82) is 0 Å². The maximum absolute atomic E-state index is 12.4. The van der Waals surface area contributed by atoms with Crippen LogP contribution in [-0.2, 0) is 0 Å². The summed E-state index contributed by atoms with van der Waals surface area (Å²) in [6, 6.07) is 13.3. The number of halogens is 1. The summed E-state index contributed by atoms with van der Waals surface area (Å²) < 4.78 is 0.943. The van der Waals surface area contributed by atoms with Crippen molar-refractivity contribution in [3.05, 3.63) is 58.1 Å². The molecule has 0 atom stereocenters. The second-order valence-electron chi connectivity index (χ2n) is 4.49. The zero-order valence-corrected chi connectivity index (χ0v) is 13.1. The minimum Gasteiger partial charge on any atom is -0.385 e. The van der Waals surface area contributed by atoms with Crippen LogP contribution in [0.2, 0.25) is 0 Å². The van der Waals surface area contributed by atoms with E-state index in [9.17, 15) is 4.79 Å². The Bertz CT molecular complexity index is 626. The van der Waals surface area contributed by atoms with Crippen molar-refractivity contribution in [1.82, 2.24) is 0 Å². The first-order chi connectivity index (χ1) is 9.61. The molecule has 2 aromatic rings. The largest absolute Gasteiger partial charge is 0.385 e. The van der Waals surface area contributed by atoms with Gasteiger partial charge in [-0.1, -0.05) is 34.1 Å². The molecule has 0 radical (unpaired) electrons. The second kappa shape index (κ2) is 6.57. The molecule has 0 unspecified atom stereocenters. The molecule has 0 aromatic heterocycles. The lowest BCUT2D eigenvalue weighted by Crippen LogP contribution is -2.15. The Labute approximate surface area is 127 Å². The highest BCUT2D eigenvalue weighted by molar-refractivity contribution is 9.10. The van der Waals surface area contributed by atoms with Crippen LogP contribution in [-0.4, -0.2) is 12.5 Å². The number of rotatable bonds is 4. The van der Waals surface area contributed by atoms with Gasteiger partial charge in [0, 0.05) is 22.4 Å². The summed E-state index contributed by atoms with van der Waals surface area (Å²) >= 11 is 3.42. The lowest BCUT2D eigenvalue weighted by Gasteiger charge is -2.12. The van der Waals surface area contributed by atoms with Crippen LogP contribution in [0.25, 0.3) is 0 Å². The van der Waals surface area contributed by atoms with Crippen molar-refractivity contribution >= 4 is 33.2 Å². The van der Waals surface area contributed by atoms with Gasteiger partial charge in [-0.05, 0) is 43.7 Å². The van der Waals surface area contributed by atoms with E-state index in [1.165, 1.54) is 0 Å². The fraction of sp³-hybridized carbons (Fsp3) is 0.188. The van der Waals surface area contributed by atoms with Gasteiger partial charge in [-0.15, -0.1) is 0 Å². The number of amides is 1. The third-order valence-corrected chi connectivity index (χ3v) is 3.48. The van der Waals surface area contributed by atoms with Crippen LogP contribution in [0.5, 0.6) is 0 Å². The molecular formula is C16H17BrN2O. The monoisotopic (exact) mass is 332 g/mol. The first kappa shape index (κ1) is 14.6. The second-order valence-corrected chi connectivity index (χ2v) is 5.40. The summed E-state index contributed by atoms with van der Waals surface area (Å²) in [7, 11) is 0. The average molecular weight is 333 g/mol. The Balaban J connectivity index is 2.26. The molecule has 0 aliphatic heterocycles. The van der Waals surface area contributed by atoms with Crippen LogP contribution in [0, 0.1) is 6.92 Å². The lowest BCUT2D eigenvalue weighted by molar-refractivity contribution is 0.102. The standard InChI is InChI=1S/C16H17BrN2O/c1-3-18-14-7-5-4-6-13(14)16(20)19-15-10-12(17)9-8-11(15)2/h4-10,18H,3H2,1-2H3,(H,19,20). The van der Waals surface area contributed by atoms with E-state index in [0.29, 0.717) is 5.56 Å². The van der Waals surface area contributed by atoms with E-state index in [1.54, 1.807) is 0 Å². The van der Waals surface area contributed by atoms with E-state index in [-0.39, 0.29) is 5.91 Å². The first-order valence-corrected chi connectivity index (χ1v) is 7.31. The molecule has 0 saturated carbocycles. The topological polar surface area (TPSA) is 41.1 Å². The van der Waals surface area contributed by atoms with Crippen molar-refractivity contribution in [2.75, 3.05) is 17.2 Å². The molecule has 104 valence electrons. The number of carbonyl (C=O) groups is 1. The summed E-state index contributed by atoms with van der Waals surface area (Å²) in [6.45, 7) is 4.76. The van der Waals surface area contributed by atoms with Crippen molar-refractivity contribution in [3.8, 4) is 0 Å². The maximum atomic E-state index is 12.4. The van der Waals surface area contributed by atoms with Gasteiger partial charge in [0.1, 0.15) is 0 Å². The number of hydrogen-bond acceptors (Lipinski definition) is 2. The van der Waals surface area contributed by atoms with Gasteiger partial charge in [0.25, 0.3) is 5.91 Å². The Morgan fingerprint density at radius 2 is 1.90 bits per heavy atom. The molecule has 0 fully saturated rings. The van der Waals surface area contributed by atoms with Gasteiger partial charge in [-0.2, -0.15) is 0 Å². The zero-order valence-electron chi connectivity index (χ0n) is 11.5. The lowest BCUT2D eigenvalue weighted by atomic mass is 10.1. The van der Waals surface area contributed by atoms with Crippen LogP contribution in [0.4, 0.5) is 11.4 Å². The van der Waals surface area contributed by atoms with E-state index >= 15 is 0 Å². The molecule has 2 N–H and O–H groups in total. The van der Waals surface area contributed by atoms with Gasteiger partial charge in [0.15, 0.2) is 0 Å². The van der Waals surface area contributed by atoms with Gasteiger partial charge >= 0.3 is 0 Å². The number of nitrogens with one attached hydrogen (secondary N) is 2. The minimum atomic E-state index is -0.109. The van der Waals surface area contributed by atoms with Crippen LogP contribution in [0.3, 0.4) is 0 Å². The molecule has 0 saturated heterocycles. The molecule has 4 heteroatoms. The highest BCUT2D eigenvalue weighted by Gasteiger charge is 2.11. The van der Waals surface area contributed by atoms with Gasteiger partial charge in [0.05, 0.1) is 5.56 Å². The minimum absolute atomic E-state index is 0.109. The van der Waals surface area contributed by atoms with Crippen molar-refractivity contribution in [2.45, 2.75) is 13.8 Å². The zero-order chi connectivity index (χ0) is 14.5. The van der Waals surface area contributed by atoms with E-state index in [2.05, 4.69) is 26.6 Å². The smallest absolute Gasteiger partial charge is 0.257 e. The molecule has 20 heavy (non-hydrogen) atoms. The SMILES string of the molecule is CCNc1ccccc1C(=O)Nc1cc(Br)ccc1C. The third-order valence-electron chi connectivity index (χ3n) is 2.99. The van der Waals surface area contributed by atoms with Crippen LogP contribution in [0.15, 0.2) is 46.9 Å². The number of para-hydroxylation sites is 1. The Kier molecular flexibility index (Phi) is 4.79. The molecule has 0 aliphatic carbocycles. The summed E-state index contributed by atoms with van der Waals surface area (Å²) in [5.74, 6) is -0.109. The van der Waals surface area contributed by atoms with E-state index < -0.39 is 0 Å². The first-order valence-electron chi connectivity index (χ1n) is 6.52. The molecule has 2 aromatic carbocycles. The summed E-state index contributed by atoms with van der Waals surface area (Å²) in [5.41, 5.74) is 3.34. The molecule has 2 rings (SSSR count). The Hall–Kier alpha value is -1.81. The molecule has 3 nitrogen and oxygen atoms in total. The predicted molar refractivity (Wildman–Crippen MR) is 87.4 cm³/mol. The fourth-order valence-electron chi connectivity index (χ4n) is 1.94. The van der Waals surface area contributed by atoms with Gasteiger partial charge in [-0.3, -0.25) is 4.79 Å². The van der Waals surface area contributed by atoms with Crippen molar-refractivity contribution in [2.24, 2.45) is 0 Å². The Morgan fingerprint density at radius 1 is 1.15 bits per heavy atom. The summed E-state index contributed by atoms with van der Waals surface area (Å²) in [4.78, 5) is 12.4. The highest BCUT2D eigenvalue weighted by atomic mass is 79.9. The number of aryl methyl sites for hydroxylation is 1. The normalized spacial score (nSPS) is 10.2. The fourth-order valence-corrected chi connectivity index (χ4v) is 2.31. The van der Waals surface area contributed by atoms with Crippen molar-refractivity contribution in [3.63, 3.8) is 0 Å². The average Bonchev–Trinajstić information content (AvgIpc) is 2.44. The van der Waals surface area contributed by atoms with Crippen molar-refractivity contribution < 1.29 is 4.79 Å². The third kappa shape index (κ3) is 3.39. The number of anilines is 2. The molecule has 1 amide bonds. The van der Waals surface area contributed by atoms with E-state index in [4.69, 9.17) is 0 Å². The van der Waals surface area contributed by atoms with Crippen LogP contribution < -0.4 is 10.6 Å². The predicted octanol–water partition coefficient (Wildman–Crippen LogP) is 4.44. The summed E-state index contributed by atoms with van der Waals surface area (Å²) in [5, 5.41) is 6.16. The molecule has 0 aliphatic rings. The molecule has 0 bridgehead atoms. The molecule has 0 heterocycles. The quantitative estimate of drug-likeness (QED) is 0.868.